The molecule has 3 saturated carbocycles. The van der Waals surface area contributed by atoms with Crippen molar-refractivity contribution >= 4 is 10.1 Å². The van der Waals surface area contributed by atoms with Gasteiger partial charge in [-0.25, -0.2) is 0 Å². The first kappa shape index (κ1) is 10.4. The summed E-state index contributed by atoms with van der Waals surface area (Å²) in [5.41, 5.74) is -1.56. The molecule has 0 aromatic carbocycles. The van der Waals surface area contributed by atoms with Crippen LogP contribution in [0, 0.1) is 17.8 Å². The molecular formula is C9H16O4S. The van der Waals surface area contributed by atoms with E-state index in [4.69, 9.17) is 4.55 Å². The molecule has 0 amide bonds. The lowest BCUT2D eigenvalue weighted by molar-refractivity contribution is 0.0303. The van der Waals surface area contributed by atoms with Gasteiger partial charge in [-0.15, -0.1) is 0 Å². The van der Waals surface area contributed by atoms with Crippen LogP contribution in [-0.4, -0.2) is 23.5 Å². The highest BCUT2D eigenvalue weighted by atomic mass is 32.2. The van der Waals surface area contributed by atoms with E-state index >= 15 is 0 Å². The molecule has 82 valence electrons. The number of rotatable bonds is 2. The summed E-state index contributed by atoms with van der Waals surface area (Å²) in [7, 11) is -4.27. The van der Waals surface area contributed by atoms with Crippen molar-refractivity contribution in [2.24, 2.45) is 17.8 Å². The SMILES string of the molecule is O=S(=O)(O)C(O)C1CC2CCC1CC2. The zero-order chi connectivity index (χ0) is 10.3. The molecule has 0 aromatic rings. The Morgan fingerprint density at radius 1 is 1.14 bits per heavy atom. The molecule has 0 heterocycles. The molecule has 5 heteroatoms. The summed E-state index contributed by atoms with van der Waals surface area (Å²) in [5.74, 6) is 0.607. The van der Waals surface area contributed by atoms with Gasteiger partial charge in [0.25, 0.3) is 10.1 Å². The third-order valence-electron chi connectivity index (χ3n) is 3.77. The summed E-state index contributed by atoms with van der Waals surface area (Å²) >= 11 is 0. The average Bonchev–Trinajstić information content (AvgIpc) is 2.17. The Morgan fingerprint density at radius 2 is 1.71 bits per heavy atom. The summed E-state index contributed by atoms with van der Waals surface area (Å²) in [5, 5.41) is 9.49. The second-order valence-corrected chi connectivity index (χ2v) is 6.10. The van der Waals surface area contributed by atoms with Gasteiger partial charge < -0.3 is 5.11 Å². The lowest BCUT2D eigenvalue weighted by atomic mass is 9.65. The van der Waals surface area contributed by atoms with Crippen molar-refractivity contribution in [1.29, 1.82) is 0 Å². The topological polar surface area (TPSA) is 74.6 Å². The van der Waals surface area contributed by atoms with Gasteiger partial charge in [0, 0.05) is 5.92 Å². The minimum absolute atomic E-state index is 0.238. The van der Waals surface area contributed by atoms with Crippen molar-refractivity contribution in [3.8, 4) is 0 Å². The second-order valence-electron chi connectivity index (χ2n) is 4.59. The van der Waals surface area contributed by atoms with Crippen LogP contribution in [0.25, 0.3) is 0 Å². The predicted octanol–water partition coefficient (Wildman–Crippen LogP) is 1.02. The van der Waals surface area contributed by atoms with Gasteiger partial charge in [0.1, 0.15) is 0 Å². The first-order valence-electron chi connectivity index (χ1n) is 5.13. The number of aliphatic hydroxyl groups excluding tert-OH is 1. The number of fused-ring (bicyclic) bond motifs is 3. The lowest BCUT2D eigenvalue weighted by Gasteiger charge is -2.43. The highest BCUT2D eigenvalue weighted by Crippen LogP contribution is 2.46. The van der Waals surface area contributed by atoms with Crippen molar-refractivity contribution in [1.82, 2.24) is 0 Å². The molecule has 0 aliphatic heterocycles. The normalized spacial score (nSPS) is 39.7. The fourth-order valence-corrected chi connectivity index (χ4v) is 3.77. The standard InChI is InChI=1S/C9H16O4S/c10-9(14(11,12)13)8-5-6-1-3-7(8)4-2-6/h6-10H,1-5H2,(H,11,12,13). The van der Waals surface area contributed by atoms with Crippen molar-refractivity contribution < 1.29 is 18.1 Å². The molecule has 0 radical (unpaired) electrons. The van der Waals surface area contributed by atoms with Gasteiger partial charge in [-0.3, -0.25) is 4.55 Å². The summed E-state index contributed by atoms with van der Waals surface area (Å²) in [6.07, 6.45) is 5.06. The van der Waals surface area contributed by atoms with Gasteiger partial charge in [-0.2, -0.15) is 8.42 Å². The van der Waals surface area contributed by atoms with E-state index in [0.717, 1.165) is 32.1 Å². The Labute approximate surface area is 84.1 Å². The highest BCUT2D eigenvalue weighted by Gasteiger charge is 2.43. The molecule has 2 unspecified atom stereocenters. The molecule has 2 N–H and O–H groups in total. The zero-order valence-electron chi connectivity index (χ0n) is 7.96. The van der Waals surface area contributed by atoms with E-state index in [1.807, 2.05) is 0 Å². The Kier molecular flexibility index (Phi) is 2.57. The van der Waals surface area contributed by atoms with Crippen LogP contribution in [-0.2, 0) is 10.1 Å². The first-order valence-corrected chi connectivity index (χ1v) is 6.63. The van der Waals surface area contributed by atoms with Crippen molar-refractivity contribution in [2.75, 3.05) is 0 Å². The van der Waals surface area contributed by atoms with Crippen molar-refractivity contribution in [3.63, 3.8) is 0 Å². The van der Waals surface area contributed by atoms with Gasteiger partial charge in [0.2, 0.25) is 0 Å². The maximum atomic E-state index is 10.8. The fourth-order valence-electron chi connectivity index (χ4n) is 3.00. The quantitative estimate of drug-likeness (QED) is 0.681. The minimum Gasteiger partial charge on any atom is -0.375 e. The maximum absolute atomic E-state index is 10.8. The molecule has 0 spiro atoms. The van der Waals surface area contributed by atoms with Crippen LogP contribution in [0.3, 0.4) is 0 Å². The van der Waals surface area contributed by atoms with Crippen LogP contribution < -0.4 is 0 Å². The van der Waals surface area contributed by atoms with Crippen LogP contribution in [0.2, 0.25) is 0 Å². The predicted molar refractivity (Wildman–Crippen MR) is 51.1 cm³/mol. The minimum atomic E-state index is -4.27. The molecule has 0 saturated heterocycles. The first-order chi connectivity index (χ1) is 6.48. The maximum Gasteiger partial charge on any atom is 0.292 e. The Balaban J connectivity index is 2.12. The van der Waals surface area contributed by atoms with E-state index in [0.29, 0.717) is 5.92 Å². The van der Waals surface area contributed by atoms with E-state index in [-0.39, 0.29) is 11.8 Å². The second kappa shape index (κ2) is 3.47. The molecule has 3 aliphatic carbocycles. The van der Waals surface area contributed by atoms with Crippen LogP contribution in [0.15, 0.2) is 0 Å². The zero-order valence-corrected chi connectivity index (χ0v) is 8.78. The summed E-state index contributed by atoms with van der Waals surface area (Å²) in [6, 6.07) is 0. The third kappa shape index (κ3) is 1.81. The fraction of sp³-hybridized carbons (Fsp3) is 1.00. The van der Waals surface area contributed by atoms with E-state index in [1.54, 1.807) is 0 Å². The molecule has 2 bridgehead atoms. The van der Waals surface area contributed by atoms with Crippen LogP contribution in [0.4, 0.5) is 0 Å². The largest absolute Gasteiger partial charge is 0.375 e. The van der Waals surface area contributed by atoms with Crippen LogP contribution >= 0.6 is 0 Å². The summed E-state index contributed by atoms with van der Waals surface area (Å²) in [6.45, 7) is 0. The number of hydrogen-bond acceptors (Lipinski definition) is 3. The van der Waals surface area contributed by atoms with Gasteiger partial charge >= 0.3 is 0 Å². The van der Waals surface area contributed by atoms with Gasteiger partial charge in [0.05, 0.1) is 0 Å². The van der Waals surface area contributed by atoms with E-state index in [2.05, 4.69) is 0 Å². The lowest BCUT2D eigenvalue weighted by Crippen LogP contribution is -2.41. The Morgan fingerprint density at radius 3 is 2.07 bits per heavy atom. The Hall–Kier alpha value is -0.130. The van der Waals surface area contributed by atoms with Gasteiger partial charge in [-0.05, 0) is 31.1 Å². The molecule has 3 fully saturated rings. The van der Waals surface area contributed by atoms with Crippen LogP contribution in [0.5, 0.6) is 0 Å². The monoisotopic (exact) mass is 220 g/mol. The Bertz CT molecular complexity index is 303. The highest BCUT2D eigenvalue weighted by molar-refractivity contribution is 7.86. The van der Waals surface area contributed by atoms with Crippen LogP contribution in [0.1, 0.15) is 32.1 Å². The number of aliphatic hydroxyl groups is 1. The molecule has 3 aliphatic rings. The van der Waals surface area contributed by atoms with Crippen molar-refractivity contribution in [3.05, 3.63) is 0 Å². The number of hydrogen-bond donors (Lipinski definition) is 2. The van der Waals surface area contributed by atoms with Gasteiger partial charge in [-0.1, -0.05) is 12.8 Å². The van der Waals surface area contributed by atoms with E-state index < -0.39 is 15.6 Å². The molecule has 14 heavy (non-hydrogen) atoms. The van der Waals surface area contributed by atoms with Crippen molar-refractivity contribution in [2.45, 2.75) is 37.5 Å². The summed E-state index contributed by atoms with van der Waals surface area (Å²) in [4.78, 5) is 0. The molecule has 0 aromatic heterocycles. The average molecular weight is 220 g/mol. The molecular weight excluding hydrogens is 204 g/mol. The summed E-state index contributed by atoms with van der Waals surface area (Å²) < 4.78 is 30.4. The third-order valence-corrected chi connectivity index (χ3v) is 4.73. The smallest absolute Gasteiger partial charge is 0.292 e. The molecule has 4 nitrogen and oxygen atoms in total. The molecule has 2 atom stereocenters. The molecule has 3 rings (SSSR count). The van der Waals surface area contributed by atoms with Gasteiger partial charge in [0.15, 0.2) is 5.44 Å². The van der Waals surface area contributed by atoms with E-state index in [1.165, 1.54) is 0 Å². The van der Waals surface area contributed by atoms with E-state index in [9.17, 15) is 13.5 Å².